The van der Waals surface area contributed by atoms with E-state index in [1.165, 1.54) is 17.8 Å². The summed E-state index contributed by atoms with van der Waals surface area (Å²) in [5.41, 5.74) is 3.27. The molecule has 0 radical (unpaired) electrons. The van der Waals surface area contributed by atoms with Crippen molar-refractivity contribution >= 4 is 62.6 Å². The first-order valence-corrected chi connectivity index (χ1v) is 17.0. The predicted octanol–water partition coefficient (Wildman–Crippen LogP) is 9.41. The first-order valence-electron chi connectivity index (χ1n) is 14.4. The highest BCUT2D eigenvalue weighted by Gasteiger charge is 2.42. The molecule has 4 aromatic rings. The molecule has 12 heteroatoms. The van der Waals surface area contributed by atoms with Gasteiger partial charge in [0.25, 0.3) is 0 Å². The molecule has 1 N–H and O–H groups in total. The molecule has 7 nitrogen and oxygen atoms in total. The average molecular weight is 733 g/mol. The third kappa shape index (κ3) is 6.61. The number of carbonyl (C=O) groups excluding carboxylic acids is 1. The third-order valence-electron chi connectivity index (χ3n) is 7.70. The number of Topliss-reactive ketones (excluding diaryl/α,β-unsaturated/α-hetero) is 1. The van der Waals surface area contributed by atoms with Crippen LogP contribution in [0.15, 0.2) is 75.5 Å². The van der Waals surface area contributed by atoms with Gasteiger partial charge < -0.3 is 14.8 Å². The number of nitrogens with zero attached hydrogens (tertiary/aromatic N) is 3. The van der Waals surface area contributed by atoms with Gasteiger partial charge in [0.2, 0.25) is 11.1 Å². The number of allylic oxidation sites excluding steroid dienone is 2. The predicted molar refractivity (Wildman–Crippen MR) is 179 cm³/mol. The molecule has 0 saturated carbocycles. The average Bonchev–Trinajstić information content (AvgIpc) is 3.38. The Morgan fingerprint density at radius 3 is 2.64 bits per heavy atom. The highest BCUT2D eigenvalue weighted by molar-refractivity contribution is 9.10. The first kappa shape index (κ1) is 31.9. The summed E-state index contributed by atoms with van der Waals surface area (Å²) in [5, 5.41) is 9.81. The maximum absolute atomic E-state index is 14.5. The Bertz CT molecular complexity index is 1810. The van der Waals surface area contributed by atoms with Gasteiger partial charge in [-0.05, 0) is 76.1 Å². The topological polar surface area (TPSA) is 78.3 Å². The number of benzene rings is 3. The number of ketones is 1. The Morgan fingerprint density at radius 1 is 1.11 bits per heavy atom. The molecule has 3 aromatic carbocycles. The monoisotopic (exact) mass is 730 g/mol. The second-order valence-electron chi connectivity index (χ2n) is 11.7. The Hall–Kier alpha value is -3.05. The van der Waals surface area contributed by atoms with Crippen LogP contribution in [0.3, 0.4) is 0 Å². The largest absolute Gasteiger partial charge is 0.490 e. The summed E-state index contributed by atoms with van der Waals surface area (Å²) < 4.78 is 29.0. The Labute approximate surface area is 283 Å². The van der Waals surface area contributed by atoms with Crippen LogP contribution in [-0.4, -0.2) is 27.2 Å². The van der Waals surface area contributed by atoms with Crippen molar-refractivity contribution in [2.75, 3.05) is 11.9 Å². The summed E-state index contributed by atoms with van der Waals surface area (Å²) in [6.07, 6.45) is 1.09. The lowest BCUT2D eigenvalue weighted by molar-refractivity contribution is -0.118. The second kappa shape index (κ2) is 13.0. The van der Waals surface area contributed by atoms with Crippen molar-refractivity contribution in [1.82, 2.24) is 14.8 Å². The van der Waals surface area contributed by atoms with Crippen LogP contribution in [-0.2, 0) is 17.2 Å². The fourth-order valence-corrected chi connectivity index (χ4v) is 7.59. The molecule has 1 unspecified atom stereocenters. The maximum Gasteiger partial charge on any atom is 0.227 e. The van der Waals surface area contributed by atoms with Gasteiger partial charge in [0.05, 0.1) is 16.1 Å². The van der Waals surface area contributed by atoms with Crippen molar-refractivity contribution in [3.63, 3.8) is 0 Å². The van der Waals surface area contributed by atoms with E-state index in [1.807, 2.05) is 43.3 Å². The fourth-order valence-electron chi connectivity index (χ4n) is 5.68. The highest BCUT2D eigenvalue weighted by Crippen LogP contribution is 2.48. The lowest BCUT2D eigenvalue weighted by Crippen LogP contribution is -2.36. The van der Waals surface area contributed by atoms with Crippen molar-refractivity contribution in [3.05, 3.63) is 103 Å². The van der Waals surface area contributed by atoms with E-state index < -0.39 is 11.9 Å². The Morgan fingerprint density at radius 2 is 1.89 bits per heavy atom. The minimum atomic E-state index is -0.562. The highest BCUT2D eigenvalue weighted by atomic mass is 79.9. The van der Waals surface area contributed by atoms with E-state index in [9.17, 15) is 9.18 Å². The molecule has 0 saturated heterocycles. The summed E-state index contributed by atoms with van der Waals surface area (Å²) in [7, 11) is 0. The third-order valence-corrected chi connectivity index (χ3v) is 9.90. The van der Waals surface area contributed by atoms with Crippen LogP contribution in [0.25, 0.3) is 0 Å². The lowest BCUT2D eigenvalue weighted by atomic mass is 9.73. The maximum atomic E-state index is 14.5. The summed E-state index contributed by atoms with van der Waals surface area (Å²) in [6, 6.07) is 15.4. The number of nitrogens with one attached hydrogen (secondary N) is 1. The number of fused-ring (bicyclic) bond motifs is 1. The van der Waals surface area contributed by atoms with Crippen LogP contribution in [0.1, 0.15) is 56.3 Å². The van der Waals surface area contributed by atoms with Crippen molar-refractivity contribution in [2.24, 2.45) is 5.41 Å². The molecule has 1 aliphatic heterocycles. The summed E-state index contributed by atoms with van der Waals surface area (Å²) >= 11 is 17.8. The van der Waals surface area contributed by atoms with E-state index in [0.717, 1.165) is 16.8 Å². The van der Waals surface area contributed by atoms with Crippen LogP contribution in [0.2, 0.25) is 10.0 Å². The minimum Gasteiger partial charge on any atom is -0.490 e. The lowest BCUT2D eigenvalue weighted by Gasteiger charge is -2.38. The van der Waals surface area contributed by atoms with Crippen LogP contribution in [0.5, 0.6) is 11.5 Å². The van der Waals surface area contributed by atoms with Gasteiger partial charge in [0.1, 0.15) is 18.5 Å². The van der Waals surface area contributed by atoms with Gasteiger partial charge in [-0.2, -0.15) is 4.98 Å². The molecule has 6 rings (SSSR count). The SMILES string of the molecule is CCOc1cc(C2C3=C(CC(C)(C)CC3=O)Nc3nc(SCc4ccccc4Cl)nn32)cc(Br)c1OCc1c(F)cccc1Cl. The fraction of sp³-hybridized carbons (Fsp3) is 0.303. The minimum absolute atomic E-state index is 0.0498. The number of rotatable bonds is 9. The van der Waals surface area contributed by atoms with Crippen LogP contribution in [0.4, 0.5) is 10.3 Å². The zero-order valence-electron chi connectivity index (χ0n) is 24.8. The quantitative estimate of drug-likeness (QED) is 0.172. The number of anilines is 1. The molecule has 234 valence electrons. The Balaban J connectivity index is 1.40. The molecule has 0 spiro atoms. The van der Waals surface area contributed by atoms with Gasteiger partial charge in [0.15, 0.2) is 17.3 Å². The second-order valence-corrected chi connectivity index (χ2v) is 14.3. The van der Waals surface area contributed by atoms with Gasteiger partial charge in [-0.1, -0.05) is 73.1 Å². The van der Waals surface area contributed by atoms with E-state index in [0.29, 0.717) is 62.9 Å². The summed E-state index contributed by atoms with van der Waals surface area (Å²) in [6.45, 7) is 6.31. The number of hydrogen-bond donors (Lipinski definition) is 1. The summed E-state index contributed by atoms with van der Waals surface area (Å²) in [4.78, 5) is 18.6. The van der Waals surface area contributed by atoms with Crippen molar-refractivity contribution < 1.29 is 18.7 Å². The van der Waals surface area contributed by atoms with Gasteiger partial charge in [0, 0.05) is 34.0 Å². The number of halogens is 4. The van der Waals surface area contributed by atoms with Crippen LogP contribution in [0, 0.1) is 11.2 Å². The number of thioether (sulfide) groups is 1. The molecule has 0 bridgehead atoms. The van der Waals surface area contributed by atoms with Crippen LogP contribution >= 0.6 is 50.9 Å². The number of carbonyl (C=O) groups is 1. The van der Waals surface area contributed by atoms with E-state index >= 15 is 0 Å². The van der Waals surface area contributed by atoms with E-state index in [-0.39, 0.29) is 28.4 Å². The molecule has 1 aliphatic carbocycles. The van der Waals surface area contributed by atoms with Crippen molar-refractivity contribution in [1.29, 1.82) is 0 Å². The number of aromatic nitrogens is 3. The van der Waals surface area contributed by atoms with Gasteiger partial charge in [-0.15, -0.1) is 5.10 Å². The van der Waals surface area contributed by atoms with Crippen LogP contribution < -0.4 is 14.8 Å². The normalized spacial score (nSPS) is 17.0. The number of ether oxygens (including phenoxy) is 2. The molecular weight excluding hydrogens is 702 g/mol. The molecule has 45 heavy (non-hydrogen) atoms. The van der Waals surface area contributed by atoms with Gasteiger partial charge in [-0.3, -0.25) is 4.79 Å². The smallest absolute Gasteiger partial charge is 0.227 e. The summed E-state index contributed by atoms with van der Waals surface area (Å²) in [5.74, 6) is 1.57. The molecule has 0 amide bonds. The van der Waals surface area contributed by atoms with Gasteiger partial charge >= 0.3 is 0 Å². The molecule has 1 aromatic heterocycles. The zero-order chi connectivity index (χ0) is 31.9. The molecule has 0 fully saturated rings. The van der Waals surface area contributed by atoms with Crippen molar-refractivity contribution in [2.45, 2.75) is 57.2 Å². The molecule has 2 heterocycles. The zero-order valence-corrected chi connectivity index (χ0v) is 28.7. The van der Waals surface area contributed by atoms with Crippen molar-refractivity contribution in [3.8, 4) is 11.5 Å². The Kier molecular flexibility index (Phi) is 9.21. The number of hydrogen-bond acceptors (Lipinski definition) is 7. The van der Waals surface area contributed by atoms with E-state index in [2.05, 4.69) is 35.1 Å². The molecular formula is C33H30BrCl2FN4O3S. The molecule has 1 atom stereocenters. The van der Waals surface area contributed by atoms with E-state index in [1.54, 1.807) is 16.8 Å². The molecule has 2 aliphatic rings. The standard InChI is InChI=1S/C33H30BrCl2FN4O3S/c1-4-43-27-13-19(12-21(34)30(27)44-16-20-23(36)10-7-11-24(20)37)29-28-25(14-33(2,3)15-26(28)42)38-31-39-32(40-41(29)31)45-17-18-8-5-6-9-22(18)35/h5-13,29H,4,14-17H2,1-3H3,(H,38,39,40). The van der Waals surface area contributed by atoms with Gasteiger partial charge in [-0.25, -0.2) is 9.07 Å². The van der Waals surface area contributed by atoms with E-state index in [4.69, 9.17) is 42.8 Å². The first-order chi connectivity index (χ1) is 21.5.